The summed E-state index contributed by atoms with van der Waals surface area (Å²) in [7, 11) is 0. The van der Waals surface area contributed by atoms with Gasteiger partial charge in [-0.15, -0.1) is 0 Å². The molecule has 0 saturated carbocycles. The summed E-state index contributed by atoms with van der Waals surface area (Å²) in [4.78, 5) is 2.18. The lowest BCUT2D eigenvalue weighted by Gasteiger charge is -2.30. The van der Waals surface area contributed by atoms with E-state index in [0.29, 0.717) is 43.6 Å². The zero-order valence-corrected chi connectivity index (χ0v) is 18.7. The number of halogens is 1. The molecule has 0 amide bonds. The Hall–Kier alpha value is -2.58. The van der Waals surface area contributed by atoms with Crippen molar-refractivity contribution in [2.24, 2.45) is 0 Å². The Morgan fingerprint density at radius 3 is 2.78 bits per heavy atom. The predicted octanol–water partition coefficient (Wildman–Crippen LogP) is 3.26. The molecular weight excluding hydrogens is 430 g/mol. The first-order valence-corrected chi connectivity index (χ1v) is 11.1. The number of aromatic nitrogens is 2. The van der Waals surface area contributed by atoms with Crippen LogP contribution in [-0.2, 0) is 17.8 Å². The fourth-order valence-corrected chi connectivity index (χ4v) is 3.78. The van der Waals surface area contributed by atoms with Crippen molar-refractivity contribution in [1.29, 1.82) is 0 Å². The van der Waals surface area contributed by atoms with Gasteiger partial charge in [-0.25, -0.2) is 0 Å². The van der Waals surface area contributed by atoms with E-state index >= 15 is 0 Å². The van der Waals surface area contributed by atoms with Gasteiger partial charge >= 0.3 is 0 Å². The van der Waals surface area contributed by atoms with Gasteiger partial charge in [-0.2, -0.15) is 5.10 Å². The van der Waals surface area contributed by atoms with Crippen LogP contribution in [-0.4, -0.2) is 64.9 Å². The SMILES string of the molecule is O[C@@]1(COc2ccc(Cl)cc2)COCCN(Cc2cccc(OCCn3cccn3)c2)C1. The van der Waals surface area contributed by atoms with Crippen molar-refractivity contribution in [3.8, 4) is 11.5 Å². The first-order chi connectivity index (χ1) is 15.6. The number of hydrogen-bond donors (Lipinski definition) is 1. The van der Waals surface area contributed by atoms with E-state index in [1.54, 1.807) is 30.5 Å². The van der Waals surface area contributed by atoms with Crippen LogP contribution in [0.15, 0.2) is 67.0 Å². The topological polar surface area (TPSA) is 69.0 Å². The maximum Gasteiger partial charge on any atom is 0.134 e. The van der Waals surface area contributed by atoms with E-state index in [2.05, 4.69) is 16.1 Å². The van der Waals surface area contributed by atoms with Gasteiger partial charge in [0.15, 0.2) is 0 Å². The summed E-state index contributed by atoms with van der Waals surface area (Å²) in [6.45, 7) is 4.03. The molecule has 32 heavy (non-hydrogen) atoms. The molecule has 7 nitrogen and oxygen atoms in total. The minimum atomic E-state index is -1.10. The van der Waals surface area contributed by atoms with Crippen LogP contribution in [0.4, 0.5) is 0 Å². The third-order valence-electron chi connectivity index (χ3n) is 5.21. The van der Waals surface area contributed by atoms with E-state index in [1.807, 2.05) is 35.1 Å². The molecule has 0 spiro atoms. The molecule has 2 heterocycles. The van der Waals surface area contributed by atoms with Crippen LogP contribution in [0.2, 0.25) is 5.02 Å². The molecule has 1 aliphatic heterocycles. The van der Waals surface area contributed by atoms with Crippen molar-refractivity contribution in [3.63, 3.8) is 0 Å². The number of rotatable bonds is 9. The molecule has 1 aromatic heterocycles. The second-order valence-corrected chi connectivity index (χ2v) is 8.43. The molecule has 1 fully saturated rings. The van der Waals surface area contributed by atoms with E-state index < -0.39 is 5.60 Å². The minimum Gasteiger partial charge on any atom is -0.492 e. The standard InChI is InChI=1S/C24H28ClN3O4/c25-21-5-7-22(8-6-21)32-19-24(29)17-27(11-13-30-18-24)16-20-3-1-4-23(15-20)31-14-12-28-10-2-9-26-28/h1-10,15,29H,11-14,16-19H2/t24-/m1/s1. The van der Waals surface area contributed by atoms with Crippen molar-refractivity contribution in [2.45, 2.75) is 18.7 Å². The Kier molecular flexibility index (Phi) is 7.65. The van der Waals surface area contributed by atoms with Crippen molar-refractivity contribution >= 4 is 11.6 Å². The summed E-state index contributed by atoms with van der Waals surface area (Å²) in [6, 6.07) is 17.1. The number of hydrogen-bond acceptors (Lipinski definition) is 6. The van der Waals surface area contributed by atoms with Crippen molar-refractivity contribution in [3.05, 3.63) is 77.6 Å². The molecule has 0 radical (unpaired) electrons. The quantitative estimate of drug-likeness (QED) is 0.532. The number of nitrogens with zero attached hydrogens (tertiary/aromatic N) is 3. The Bertz CT molecular complexity index is 968. The van der Waals surface area contributed by atoms with Gasteiger partial charge in [0.25, 0.3) is 0 Å². The zero-order valence-electron chi connectivity index (χ0n) is 17.9. The van der Waals surface area contributed by atoms with Crippen LogP contribution in [0.1, 0.15) is 5.56 Å². The number of benzene rings is 2. The van der Waals surface area contributed by atoms with E-state index in [0.717, 1.165) is 17.9 Å². The average Bonchev–Trinajstić information content (AvgIpc) is 3.23. The average molecular weight is 458 g/mol. The number of aliphatic hydroxyl groups is 1. The highest BCUT2D eigenvalue weighted by Gasteiger charge is 2.33. The maximum atomic E-state index is 11.1. The predicted molar refractivity (Wildman–Crippen MR) is 122 cm³/mol. The molecule has 0 bridgehead atoms. The van der Waals surface area contributed by atoms with Crippen molar-refractivity contribution in [1.82, 2.24) is 14.7 Å². The molecule has 2 aromatic carbocycles. The zero-order chi connectivity index (χ0) is 22.2. The van der Waals surface area contributed by atoms with E-state index in [1.165, 1.54) is 0 Å². The van der Waals surface area contributed by atoms with Crippen molar-refractivity contribution < 1.29 is 19.3 Å². The smallest absolute Gasteiger partial charge is 0.134 e. The second kappa shape index (κ2) is 10.8. The molecule has 0 aliphatic carbocycles. The fraction of sp³-hybridized carbons (Fsp3) is 0.375. The molecule has 4 rings (SSSR count). The first-order valence-electron chi connectivity index (χ1n) is 10.7. The summed E-state index contributed by atoms with van der Waals surface area (Å²) >= 11 is 5.92. The van der Waals surface area contributed by atoms with E-state index in [9.17, 15) is 5.11 Å². The van der Waals surface area contributed by atoms with Crippen LogP contribution in [0, 0.1) is 0 Å². The fourth-order valence-electron chi connectivity index (χ4n) is 3.65. The van der Waals surface area contributed by atoms with Gasteiger partial charge in [0.2, 0.25) is 0 Å². The highest BCUT2D eigenvalue weighted by atomic mass is 35.5. The number of β-amino-alcohol motifs (C(OH)–C–C–N with tert-alkyl or cyclic N) is 1. The van der Waals surface area contributed by atoms with Crippen LogP contribution >= 0.6 is 11.6 Å². The van der Waals surface area contributed by atoms with Crippen LogP contribution in [0.3, 0.4) is 0 Å². The normalized spacial score (nSPS) is 19.4. The van der Waals surface area contributed by atoms with Crippen LogP contribution in [0.25, 0.3) is 0 Å². The third kappa shape index (κ3) is 6.71. The molecule has 8 heteroatoms. The van der Waals surface area contributed by atoms with Crippen molar-refractivity contribution in [2.75, 3.05) is 39.5 Å². The Labute approximate surface area is 193 Å². The lowest BCUT2D eigenvalue weighted by molar-refractivity contribution is -0.0646. The lowest BCUT2D eigenvalue weighted by Crippen LogP contribution is -2.48. The van der Waals surface area contributed by atoms with Gasteiger partial charge < -0.3 is 19.3 Å². The van der Waals surface area contributed by atoms with Crippen LogP contribution in [0.5, 0.6) is 11.5 Å². The van der Waals surface area contributed by atoms with Gasteiger partial charge in [-0.1, -0.05) is 23.7 Å². The Balaban J connectivity index is 1.31. The molecule has 1 aliphatic rings. The summed E-state index contributed by atoms with van der Waals surface area (Å²) < 4.78 is 19.2. The highest BCUT2D eigenvalue weighted by molar-refractivity contribution is 6.30. The monoisotopic (exact) mass is 457 g/mol. The molecular formula is C24H28ClN3O4. The summed E-state index contributed by atoms with van der Waals surface area (Å²) in [6.07, 6.45) is 3.67. The third-order valence-corrected chi connectivity index (χ3v) is 5.47. The number of ether oxygens (including phenoxy) is 3. The van der Waals surface area contributed by atoms with Crippen LogP contribution < -0.4 is 9.47 Å². The largest absolute Gasteiger partial charge is 0.492 e. The highest BCUT2D eigenvalue weighted by Crippen LogP contribution is 2.21. The molecule has 1 N–H and O–H groups in total. The van der Waals surface area contributed by atoms with E-state index in [-0.39, 0.29) is 13.2 Å². The molecule has 170 valence electrons. The maximum absolute atomic E-state index is 11.1. The second-order valence-electron chi connectivity index (χ2n) is 8.00. The van der Waals surface area contributed by atoms with Gasteiger partial charge in [0.05, 0.1) is 19.8 Å². The Morgan fingerprint density at radius 2 is 1.97 bits per heavy atom. The van der Waals surface area contributed by atoms with E-state index in [4.69, 9.17) is 25.8 Å². The summed E-state index contributed by atoms with van der Waals surface area (Å²) in [5, 5.41) is 16.0. The molecule has 0 unspecified atom stereocenters. The van der Waals surface area contributed by atoms with Gasteiger partial charge in [0.1, 0.15) is 30.3 Å². The van der Waals surface area contributed by atoms with Gasteiger partial charge in [0, 0.05) is 37.1 Å². The molecule has 1 saturated heterocycles. The lowest BCUT2D eigenvalue weighted by atomic mass is 10.1. The van der Waals surface area contributed by atoms with Gasteiger partial charge in [-0.3, -0.25) is 9.58 Å². The summed E-state index contributed by atoms with van der Waals surface area (Å²) in [5.41, 5.74) is 0.0121. The molecule has 1 atom stereocenters. The Morgan fingerprint density at radius 1 is 1.09 bits per heavy atom. The van der Waals surface area contributed by atoms with Gasteiger partial charge in [-0.05, 0) is 48.0 Å². The summed E-state index contributed by atoms with van der Waals surface area (Å²) in [5.74, 6) is 1.49. The molecule has 3 aromatic rings. The minimum absolute atomic E-state index is 0.141. The first kappa shape index (κ1) is 22.6.